The average Bonchev–Trinajstić information content (AvgIpc) is 3.15. The smallest absolute Gasteiger partial charge is 0.293 e. The standard InChI is InChI=1S/C36H22N6O8S4/c43-39(44)31-17-25-9-13-29(31)37-21-1-2-22(4-3-21)38-30-14-10-26(18-32(30)40(45)46)52-28-12-16-36(34(20-28)42(49)50)54-24-7-5-23(6-8-24)53-35-15-11-27(51-25)19-33(35)41(47)48/h1-20,37-38H. The third kappa shape index (κ3) is 8.26. The molecule has 0 aromatic heterocycles. The van der Waals surface area contributed by atoms with Crippen LogP contribution in [0.15, 0.2) is 160 Å². The van der Waals surface area contributed by atoms with Gasteiger partial charge in [-0.3, -0.25) is 40.5 Å². The van der Waals surface area contributed by atoms with Gasteiger partial charge in [-0.15, -0.1) is 0 Å². The molecule has 0 spiro atoms. The summed E-state index contributed by atoms with van der Waals surface area (Å²) in [5.74, 6) is 0. The van der Waals surface area contributed by atoms with Crippen LogP contribution in [0, 0.1) is 40.5 Å². The molecule has 268 valence electrons. The van der Waals surface area contributed by atoms with Crippen LogP contribution in [0.1, 0.15) is 0 Å². The number of hydrogen-bond acceptors (Lipinski definition) is 14. The van der Waals surface area contributed by atoms with E-state index in [9.17, 15) is 40.5 Å². The summed E-state index contributed by atoms with van der Waals surface area (Å²) < 4.78 is 0. The topological polar surface area (TPSA) is 197 Å². The molecular weight excluding hydrogens is 773 g/mol. The molecule has 0 fully saturated rings. The van der Waals surface area contributed by atoms with Gasteiger partial charge in [-0.25, -0.2) is 0 Å². The summed E-state index contributed by atoms with van der Waals surface area (Å²) in [7, 11) is 0. The number of rotatable bonds is 4. The highest BCUT2D eigenvalue weighted by molar-refractivity contribution is 8.00. The van der Waals surface area contributed by atoms with Gasteiger partial charge in [0.2, 0.25) is 0 Å². The Kier molecular flexibility index (Phi) is 10.4. The van der Waals surface area contributed by atoms with Crippen molar-refractivity contribution in [3.63, 3.8) is 0 Å². The number of anilines is 4. The molecule has 2 N–H and O–H groups in total. The molecule has 0 saturated carbocycles. The van der Waals surface area contributed by atoms with Crippen LogP contribution in [0.5, 0.6) is 0 Å². The molecule has 12 bridgehead atoms. The Morgan fingerprint density at radius 2 is 0.648 bits per heavy atom. The molecule has 16 heterocycles. The first-order valence-electron chi connectivity index (χ1n) is 15.6. The first kappa shape index (κ1) is 36.3. The molecule has 0 atom stereocenters. The minimum Gasteiger partial charge on any atom is -0.350 e. The Hall–Kier alpha value is -6.08. The molecule has 0 saturated heterocycles. The van der Waals surface area contributed by atoms with Gasteiger partial charge in [0.05, 0.1) is 29.5 Å². The Balaban J connectivity index is 1.27. The van der Waals surface area contributed by atoms with E-state index in [2.05, 4.69) is 10.6 Å². The van der Waals surface area contributed by atoms with Gasteiger partial charge in [0.25, 0.3) is 22.7 Å². The van der Waals surface area contributed by atoms with E-state index in [1.807, 2.05) is 0 Å². The van der Waals surface area contributed by atoms with Crippen LogP contribution in [-0.2, 0) is 0 Å². The predicted octanol–water partition coefficient (Wildman–Crippen LogP) is 11.7. The summed E-state index contributed by atoms with van der Waals surface area (Å²) >= 11 is 4.66. The summed E-state index contributed by atoms with van der Waals surface area (Å²) in [5, 5.41) is 54.5. The molecule has 14 nitrogen and oxygen atoms in total. The Labute approximate surface area is 322 Å². The summed E-state index contributed by atoms with van der Waals surface area (Å²) in [6.07, 6.45) is 0. The second-order valence-corrected chi connectivity index (χ2v) is 15.9. The molecule has 0 amide bonds. The molecule has 0 unspecified atom stereocenters. The number of benzene rings is 6. The molecular formula is C36H22N6O8S4. The molecule has 54 heavy (non-hydrogen) atoms. The lowest BCUT2D eigenvalue weighted by Gasteiger charge is -2.12. The van der Waals surface area contributed by atoms with Crippen molar-refractivity contribution in [2.45, 2.75) is 39.2 Å². The Morgan fingerprint density at radius 1 is 0.352 bits per heavy atom. The van der Waals surface area contributed by atoms with Gasteiger partial charge in [-0.1, -0.05) is 47.0 Å². The third-order valence-corrected chi connectivity index (χ3v) is 11.9. The minimum atomic E-state index is -0.520. The third-order valence-electron chi connectivity index (χ3n) is 7.78. The number of nitrogens with one attached hydrogen (secondary N) is 2. The van der Waals surface area contributed by atoms with Gasteiger partial charge in [0.1, 0.15) is 11.4 Å². The monoisotopic (exact) mass is 794 g/mol. The average molecular weight is 795 g/mol. The lowest BCUT2D eigenvalue weighted by Crippen LogP contribution is -1.99. The normalized spacial score (nSPS) is 12.3. The quantitative estimate of drug-likeness (QED) is 0.126. The van der Waals surface area contributed by atoms with Gasteiger partial charge in [0, 0.05) is 65.0 Å². The zero-order chi connectivity index (χ0) is 37.9. The van der Waals surface area contributed by atoms with E-state index in [-0.39, 0.29) is 34.1 Å². The van der Waals surface area contributed by atoms with Crippen LogP contribution in [0.25, 0.3) is 0 Å². The van der Waals surface area contributed by atoms with Crippen LogP contribution in [-0.4, -0.2) is 19.7 Å². The van der Waals surface area contributed by atoms with Crippen molar-refractivity contribution >= 4 is 92.5 Å². The summed E-state index contributed by atoms with van der Waals surface area (Å²) in [6, 6.07) is 32.5. The van der Waals surface area contributed by atoms with Crippen LogP contribution in [0.4, 0.5) is 45.5 Å². The summed E-state index contributed by atoms with van der Waals surface area (Å²) in [4.78, 5) is 50.6. The van der Waals surface area contributed by atoms with Crippen molar-refractivity contribution in [3.05, 3.63) is 162 Å². The van der Waals surface area contributed by atoms with Gasteiger partial charge >= 0.3 is 0 Å². The second-order valence-electron chi connectivity index (χ2n) is 11.4. The molecule has 0 aliphatic carbocycles. The van der Waals surface area contributed by atoms with Crippen molar-refractivity contribution in [2.75, 3.05) is 10.6 Å². The molecule has 6 aromatic rings. The van der Waals surface area contributed by atoms with E-state index in [1.54, 1.807) is 97.1 Å². The van der Waals surface area contributed by atoms with Crippen molar-refractivity contribution in [3.8, 4) is 0 Å². The zero-order valence-corrected chi connectivity index (χ0v) is 30.5. The fourth-order valence-corrected chi connectivity index (χ4v) is 8.86. The molecule has 16 aliphatic rings. The van der Waals surface area contributed by atoms with Crippen LogP contribution in [0.3, 0.4) is 0 Å². The SMILES string of the molecule is O=[N+]([O-])c1cc2ccc1Nc1ccc(cc1)Nc1ccc(cc1[N+](=O)[O-])Sc1ccc(c([N+](=O)[O-])c1)Sc1ccc(cc1)Sc1ccc(cc1[N+](=O)[O-])S2. The maximum atomic E-state index is 12.1. The lowest BCUT2D eigenvalue weighted by molar-refractivity contribution is -0.388. The molecule has 0 radical (unpaired) electrons. The first-order chi connectivity index (χ1) is 26.0. The molecule has 22 rings (SSSR count). The number of hydrogen-bond donors (Lipinski definition) is 2. The van der Waals surface area contributed by atoms with Crippen molar-refractivity contribution < 1.29 is 19.7 Å². The Morgan fingerprint density at radius 3 is 0.981 bits per heavy atom. The minimum absolute atomic E-state index is 0.132. The van der Waals surface area contributed by atoms with Crippen molar-refractivity contribution in [1.29, 1.82) is 0 Å². The van der Waals surface area contributed by atoms with E-state index >= 15 is 0 Å². The lowest BCUT2D eigenvalue weighted by atomic mass is 10.2. The van der Waals surface area contributed by atoms with E-state index in [1.165, 1.54) is 47.8 Å². The summed E-state index contributed by atoms with van der Waals surface area (Å²) in [6.45, 7) is 0. The van der Waals surface area contributed by atoms with E-state index in [4.69, 9.17) is 0 Å². The maximum Gasteiger partial charge on any atom is 0.293 e. The van der Waals surface area contributed by atoms with E-state index < -0.39 is 19.7 Å². The zero-order valence-electron chi connectivity index (χ0n) is 27.2. The predicted molar refractivity (Wildman–Crippen MR) is 208 cm³/mol. The molecule has 18 heteroatoms. The largest absolute Gasteiger partial charge is 0.350 e. The summed E-state index contributed by atoms with van der Waals surface area (Å²) in [5.41, 5.74) is 0.795. The van der Waals surface area contributed by atoms with E-state index in [0.717, 1.165) is 23.5 Å². The maximum absolute atomic E-state index is 12.1. The fourth-order valence-electron chi connectivity index (χ4n) is 5.29. The highest BCUT2D eigenvalue weighted by atomic mass is 32.2. The second kappa shape index (κ2) is 15.5. The van der Waals surface area contributed by atoms with Crippen LogP contribution < -0.4 is 10.6 Å². The van der Waals surface area contributed by atoms with Crippen molar-refractivity contribution in [2.24, 2.45) is 0 Å². The van der Waals surface area contributed by atoms with E-state index in [0.29, 0.717) is 50.5 Å². The highest BCUT2D eigenvalue weighted by Gasteiger charge is 2.22. The number of nitro groups is 4. The first-order valence-corrected chi connectivity index (χ1v) is 18.8. The molecule has 16 aliphatic heterocycles. The van der Waals surface area contributed by atoms with Gasteiger partial charge in [0.15, 0.2) is 0 Å². The highest BCUT2D eigenvalue weighted by Crippen LogP contribution is 2.43. The van der Waals surface area contributed by atoms with Crippen molar-refractivity contribution in [1.82, 2.24) is 0 Å². The van der Waals surface area contributed by atoms with Gasteiger partial charge < -0.3 is 10.6 Å². The van der Waals surface area contributed by atoms with Crippen LogP contribution in [0.2, 0.25) is 0 Å². The van der Waals surface area contributed by atoms with Gasteiger partial charge in [-0.2, -0.15) is 0 Å². The number of nitro benzene ring substituents is 4. The Bertz CT molecular complexity index is 2140. The van der Waals surface area contributed by atoms with Crippen LogP contribution >= 0.6 is 47.0 Å². The molecule has 6 aromatic carbocycles. The fraction of sp³-hybridized carbons (Fsp3) is 0. The number of nitrogens with zero attached hydrogens (tertiary/aromatic N) is 4. The van der Waals surface area contributed by atoms with Gasteiger partial charge in [-0.05, 0) is 97.1 Å².